The van der Waals surface area contributed by atoms with Crippen LogP contribution in [0.5, 0.6) is 0 Å². The summed E-state index contributed by atoms with van der Waals surface area (Å²) in [6.07, 6.45) is 1.68. The third-order valence-electron chi connectivity index (χ3n) is 2.16. The van der Waals surface area contributed by atoms with E-state index in [-0.39, 0.29) is 11.3 Å². The van der Waals surface area contributed by atoms with Crippen molar-refractivity contribution in [3.05, 3.63) is 46.2 Å². The smallest absolute Gasteiger partial charge is 0.340 e. The second-order valence-electron chi connectivity index (χ2n) is 3.29. The fourth-order valence-corrected chi connectivity index (χ4v) is 1.93. The van der Waals surface area contributed by atoms with Gasteiger partial charge in [0.2, 0.25) is 0 Å². The summed E-state index contributed by atoms with van der Waals surface area (Å²) >= 11 is 1.45. The molecular weight excluding hydrogens is 243 g/mol. The molecule has 2 rings (SSSR count). The molecule has 1 aromatic heterocycles. The van der Waals surface area contributed by atoms with Crippen LogP contribution in [0.25, 0.3) is 0 Å². The molecule has 0 unspecified atom stereocenters. The Morgan fingerprint density at radius 1 is 1.53 bits per heavy atom. The molecule has 0 aliphatic carbocycles. The molecule has 0 atom stereocenters. The number of thiazole rings is 1. The minimum absolute atomic E-state index is 0.269. The van der Waals surface area contributed by atoms with Gasteiger partial charge in [0.25, 0.3) is 0 Å². The van der Waals surface area contributed by atoms with Gasteiger partial charge in [-0.25, -0.2) is 9.18 Å². The first kappa shape index (κ1) is 11.5. The van der Waals surface area contributed by atoms with E-state index in [1.807, 2.05) is 0 Å². The van der Waals surface area contributed by atoms with E-state index in [0.29, 0.717) is 6.54 Å². The molecule has 0 bridgehead atoms. The fourth-order valence-electron chi connectivity index (χ4n) is 1.40. The summed E-state index contributed by atoms with van der Waals surface area (Å²) in [5.41, 5.74) is 1.61. The second-order valence-corrected chi connectivity index (χ2v) is 4.26. The lowest BCUT2D eigenvalue weighted by Gasteiger charge is -2.08. The van der Waals surface area contributed by atoms with Crippen molar-refractivity contribution in [3.63, 3.8) is 0 Å². The van der Waals surface area contributed by atoms with Crippen LogP contribution in [0.15, 0.2) is 29.9 Å². The molecule has 0 radical (unpaired) electrons. The van der Waals surface area contributed by atoms with Gasteiger partial charge in [0, 0.05) is 11.1 Å². The van der Waals surface area contributed by atoms with Crippen LogP contribution in [0.2, 0.25) is 0 Å². The molecule has 0 amide bonds. The Bertz CT molecular complexity index is 528. The van der Waals surface area contributed by atoms with Gasteiger partial charge in [-0.15, -0.1) is 11.3 Å². The summed E-state index contributed by atoms with van der Waals surface area (Å²) in [6, 6.07) is 4.13. The van der Waals surface area contributed by atoms with Crippen LogP contribution in [0.4, 0.5) is 10.1 Å². The van der Waals surface area contributed by atoms with Crippen molar-refractivity contribution in [3.8, 4) is 0 Å². The van der Waals surface area contributed by atoms with Crippen LogP contribution in [0, 0.1) is 5.82 Å². The minimum atomic E-state index is -1.28. The normalized spacial score (nSPS) is 10.2. The van der Waals surface area contributed by atoms with E-state index in [0.717, 1.165) is 10.9 Å². The predicted molar refractivity (Wildman–Crippen MR) is 62.8 cm³/mol. The lowest BCUT2D eigenvalue weighted by Crippen LogP contribution is -2.08. The highest BCUT2D eigenvalue weighted by atomic mass is 32.1. The van der Waals surface area contributed by atoms with Crippen LogP contribution in [0.3, 0.4) is 0 Å². The Balaban J connectivity index is 2.21. The fraction of sp³-hybridized carbons (Fsp3) is 0.0909. The highest BCUT2D eigenvalue weighted by Crippen LogP contribution is 2.20. The standard InChI is InChI=1S/C11H9FN2O2S/c12-8-2-1-3-9(10(8)11(15)16)14-5-7-4-13-6-17-7/h1-4,6,14H,5H2,(H,15,16). The van der Waals surface area contributed by atoms with E-state index in [1.165, 1.54) is 23.5 Å². The molecule has 6 heteroatoms. The van der Waals surface area contributed by atoms with Crippen molar-refractivity contribution in [1.82, 2.24) is 4.98 Å². The highest BCUT2D eigenvalue weighted by Gasteiger charge is 2.15. The van der Waals surface area contributed by atoms with Gasteiger partial charge in [-0.1, -0.05) is 6.07 Å². The van der Waals surface area contributed by atoms with Crippen molar-refractivity contribution < 1.29 is 14.3 Å². The maximum absolute atomic E-state index is 13.3. The summed E-state index contributed by atoms with van der Waals surface area (Å²) < 4.78 is 13.3. The zero-order valence-electron chi connectivity index (χ0n) is 8.68. The first-order chi connectivity index (χ1) is 8.18. The monoisotopic (exact) mass is 252 g/mol. The summed E-state index contributed by atoms with van der Waals surface area (Å²) in [6.45, 7) is 0.425. The first-order valence-corrected chi connectivity index (χ1v) is 5.69. The van der Waals surface area contributed by atoms with E-state index >= 15 is 0 Å². The molecule has 0 fully saturated rings. The lowest BCUT2D eigenvalue weighted by molar-refractivity contribution is 0.0693. The van der Waals surface area contributed by atoms with Crippen LogP contribution in [-0.2, 0) is 6.54 Å². The van der Waals surface area contributed by atoms with Gasteiger partial charge >= 0.3 is 5.97 Å². The van der Waals surface area contributed by atoms with E-state index in [2.05, 4.69) is 10.3 Å². The van der Waals surface area contributed by atoms with Crippen molar-refractivity contribution in [2.24, 2.45) is 0 Å². The summed E-state index contributed by atoms with van der Waals surface area (Å²) in [4.78, 5) is 15.8. The second kappa shape index (κ2) is 4.92. The third-order valence-corrected chi connectivity index (χ3v) is 2.94. The number of hydrogen-bond acceptors (Lipinski definition) is 4. The number of hydrogen-bond donors (Lipinski definition) is 2. The summed E-state index contributed by atoms with van der Waals surface area (Å²) in [5, 5.41) is 11.8. The zero-order chi connectivity index (χ0) is 12.3. The quantitative estimate of drug-likeness (QED) is 0.878. The van der Waals surface area contributed by atoms with E-state index in [1.54, 1.807) is 11.7 Å². The highest BCUT2D eigenvalue weighted by molar-refractivity contribution is 7.09. The number of benzene rings is 1. The number of nitrogens with one attached hydrogen (secondary N) is 1. The topological polar surface area (TPSA) is 62.2 Å². The number of aromatic nitrogens is 1. The molecular formula is C11H9FN2O2S. The van der Waals surface area contributed by atoms with Crippen molar-refractivity contribution >= 4 is 23.0 Å². The Hall–Kier alpha value is -1.95. The number of halogens is 1. The van der Waals surface area contributed by atoms with Crippen LogP contribution in [0.1, 0.15) is 15.2 Å². The van der Waals surface area contributed by atoms with Gasteiger partial charge in [-0.3, -0.25) is 4.98 Å². The average Bonchev–Trinajstić information content (AvgIpc) is 2.78. The van der Waals surface area contributed by atoms with Gasteiger partial charge in [0.1, 0.15) is 11.4 Å². The SMILES string of the molecule is O=C(O)c1c(F)cccc1NCc1cncs1. The number of carbonyl (C=O) groups is 1. The molecule has 2 aromatic rings. The number of aromatic carboxylic acids is 1. The number of nitrogens with zero attached hydrogens (tertiary/aromatic N) is 1. The van der Waals surface area contributed by atoms with Crippen molar-refractivity contribution in [2.45, 2.75) is 6.54 Å². The van der Waals surface area contributed by atoms with Crippen molar-refractivity contribution in [2.75, 3.05) is 5.32 Å². The third kappa shape index (κ3) is 2.59. The lowest BCUT2D eigenvalue weighted by atomic mass is 10.1. The van der Waals surface area contributed by atoms with Crippen LogP contribution >= 0.6 is 11.3 Å². The maximum Gasteiger partial charge on any atom is 0.340 e. The number of rotatable bonds is 4. The Kier molecular flexibility index (Phi) is 3.34. The average molecular weight is 252 g/mol. The Morgan fingerprint density at radius 2 is 2.35 bits per heavy atom. The first-order valence-electron chi connectivity index (χ1n) is 4.81. The summed E-state index contributed by atoms with van der Waals surface area (Å²) in [5.74, 6) is -2.03. The molecule has 0 aliphatic heterocycles. The number of anilines is 1. The maximum atomic E-state index is 13.3. The zero-order valence-corrected chi connectivity index (χ0v) is 9.50. The van der Waals surface area contributed by atoms with Gasteiger partial charge < -0.3 is 10.4 Å². The molecule has 0 saturated heterocycles. The minimum Gasteiger partial charge on any atom is -0.478 e. The Labute approximate surface area is 101 Å². The van der Waals surface area contributed by atoms with E-state index < -0.39 is 11.8 Å². The molecule has 1 aromatic carbocycles. The van der Waals surface area contributed by atoms with E-state index in [9.17, 15) is 9.18 Å². The molecule has 0 spiro atoms. The Morgan fingerprint density at radius 3 is 3.00 bits per heavy atom. The van der Waals surface area contributed by atoms with Gasteiger partial charge in [0.05, 0.1) is 17.7 Å². The van der Waals surface area contributed by atoms with E-state index in [4.69, 9.17) is 5.11 Å². The van der Waals surface area contributed by atoms with Crippen LogP contribution < -0.4 is 5.32 Å². The summed E-state index contributed by atoms with van der Waals surface area (Å²) in [7, 11) is 0. The molecule has 0 aliphatic rings. The van der Waals surface area contributed by atoms with Crippen molar-refractivity contribution in [1.29, 1.82) is 0 Å². The number of carboxylic acids is 1. The largest absolute Gasteiger partial charge is 0.478 e. The molecule has 0 saturated carbocycles. The predicted octanol–water partition coefficient (Wildman–Crippen LogP) is 2.59. The molecule has 2 N–H and O–H groups in total. The molecule has 17 heavy (non-hydrogen) atoms. The molecule has 1 heterocycles. The van der Waals surface area contributed by atoms with Gasteiger partial charge in [-0.05, 0) is 12.1 Å². The van der Waals surface area contributed by atoms with Gasteiger partial charge in [0.15, 0.2) is 0 Å². The number of carboxylic acid groups (broad SMARTS) is 1. The molecule has 88 valence electrons. The van der Waals surface area contributed by atoms with Gasteiger partial charge in [-0.2, -0.15) is 0 Å². The van der Waals surface area contributed by atoms with Crippen LogP contribution in [-0.4, -0.2) is 16.1 Å². The molecule has 4 nitrogen and oxygen atoms in total.